The molecule has 4 heteroatoms. The molecule has 0 saturated carbocycles. The Kier molecular flexibility index (Phi) is 2.83. The van der Waals surface area contributed by atoms with Crippen LogP contribution in [0.3, 0.4) is 0 Å². The summed E-state index contributed by atoms with van der Waals surface area (Å²) in [6, 6.07) is 0. The number of allylic oxidation sites excluding steroid dienone is 1. The molecule has 0 heterocycles. The van der Waals surface area contributed by atoms with Crippen LogP contribution in [0.15, 0.2) is 11.8 Å². The normalized spacial score (nSPS) is 29.9. The highest BCUT2D eigenvalue weighted by Crippen LogP contribution is 2.19. The van der Waals surface area contributed by atoms with Crippen molar-refractivity contribution >= 4 is 5.78 Å². The first-order valence-corrected chi connectivity index (χ1v) is 3.68. The fourth-order valence-corrected chi connectivity index (χ4v) is 1.19. The van der Waals surface area contributed by atoms with E-state index in [-0.39, 0.29) is 18.0 Å². The molecule has 1 aliphatic rings. The number of ketones is 1. The summed E-state index contributed by atoms with van der Waals surface area (Å²) >= 11 is 0. The molecule has 0 unspecified atom stereocenters. The Balaban J connectivity index is 2.79. The molecule has 1 aliphatic carbocycles. The van der Waals surface area contributed by atoms with E-state index in [4.69, 9.17) is 9.47 Å². The van der Waals surface area contributed by atoms with Gasteiger partial charge in [-0.1, -0.05) is 0 Å². The van der Waals surface area contributed by atoms with E-state index in [1.807, 2.05) is 0 Å². The summed E-state index contributed by atoms with van der Waals surface area (Å²) in [6.07, 6.45) is 0.222. The van der Waals surface area contributed by atoms with Gasteiger partial charge in [0.25, 0.3) is 0 Å². The second-order valence-electron chi connectivity index (χ2n) is 2.64. The highest BCUT2D eigenvalue weighted by atomic mass is 16.5. The average molecular weight is 172 g/mol. The maximum absolute atomic E-state index is 11.0. The van der Waals surface area contributed by atoms with Crippen molar-refractivity contribution in [2.45, 2.75) is 18.6 Å². The van der Waals surface area contributed by atoms with Gasteiger partial charge < -0.3 is 14.6 Å². The van der Waals surface area contributed by atoms with Crippen molar-refractivity contribution in [3.8, 4) is 0 Å². The predicted octanol–water partition coefficient (Wildman–Crippen LogP) is -0.135. The lowest BCUT2D eigenvalue weighted by atomic mass is 9.99. The Morgan fingerprint density at radius 1 is 1.58 bits per heavy atom. The van der Waals surface area contributed by atoms with Crippen molar-refractivity contribution in [3.05, 3.63) is 11.8 Å². The molecule has 0 fully saturated rings. The highest BCUT2D eigenvalue weighted by Gasteiger charge is 2.30. The Bertz CT molecular complexity index is 209. The lowest BCUT2D eigenvalue weighted by Gasteiger charge is -2.25. The van der Waals surface area contributed by atoms with Crippen molar-refractivity contribution in [3.63, 3.8) is 0 Å². The van der Waals surface area contributed by atoms with E-state index in [0.29, 0.717) is 0 Å². The summed E-state index contributed by atoms with van der Waals surface area (Å²) in [7, 11) is 2.88. The van der Waals surface area contributed by atoms with Gasteiger partial charge >= 0.3 is 0 Å². The van der Waals surface area contributed by atoms with Gasteiger partial charge in [0.2, 0.25) is 0 Å². The minimum Gasteiger partial charge on any atom is -0.498 e. The molecule has 0 aromatic heterocycles. The Hall–Kier alpha value is -0.870. The number of carbonyl (C=O) groups excluding carboxylic acids is 1. The number of hydrogen-bond acceptors (Lipinski definition) is 4. The molecule has 0 spiro atoms. The number of ether oxygens (including phenoxy) is 2. The van der Waals surface area contributed by atoms with Gasteiger partial charge in [0.05, 0.1) is 13.2 Å². The van der Waals surface area contributed by atoms with Crippen LogP contribution in [0.2, 0.25) is 0 Å². The van der Waals surface area contributed by atoms with Gasteiger partial charge in [0.1, 0.15) is 11.9 Å². The molecule has 0 aliphatic heterocycles. The lowest BCUT2D eigenvalue weighted by molar-refractivity contribution is -0.121. The first-order chi connectivity index (χ1) is 5.69. The molecular weight excluding hydrogens is 160 g/mol. The second kappa shape index (κ2) is 3.69. The topological polar surface area (TPSA) is 55.8 Å². The van der Waals surface area contributed by atoms with Gasteiger partial charge in [-0.15, -0.1) is 0 Å². The van der Waals surface area contributed by atoms with Crippen molar-refractivity contribution in [1.82, 2.24) is 0 Å². The summed E-state index contributed by atoms with van der Waals surface area (Å²) in [5, 5.41) is 9.48. The number of hydrogen-bond donors (Lipinski definition) is 1. The van der Waals surface area contributed by atoms with Gasteiger partial charge in [-0.05, 0) is 0 Å². The van der Waals surface area contributed by atoms with Crippen LogP contribution in [0.5, 0.6) is 0 Å². The molecule has 1 N–H and O–H groups in total. The van der Waals surface area contributed by atoms with Crippen LogP contribution in [0.4, 0.5) is 0 Å². The van der Waals surface area contributed by atoms with Gasteiger partial charge in [0.15, 0.2) is 5.78 Å². The van der Waals surface area contributed by atoms with Gasteiger partial charge in [-0.25, -0.2) is 0 Å². The number of aliphatic hydroxyl groups is 1. The number of aliphatic hydroxyl groups excluding tert-OH is 1. The van der Waals surface area contributed by atoms with E-state index >= 15 is 0 Å². The molecule has 0 aromatic rings. The summed E-state index contributed by atoms with van der Waals surface area (Å²) in [4.78, 5) is 11.0. The van der Waals surface area contributed by atoms with Crippen molar-refractivity contribution in [2.24, 2.45) is 0 Å². The van der Waals surface area contributed by atoms with E-state index in [0.717, 1.165) is 0 Å². The second-order valence-corrected chi connectivity index (χ2v) is 2.64. The van der Waals surface area contributed by atoms with Crippen molar-refractivity contribution < 1.29 is 19.4 Å². The third-order valence-corrected chi connectivity index (χ3v) is 1.89. The zero-order valence-electron chi connectivity index (χ0n) is 7.11. The van der Waals surface area contributed by atoms with Crippen LogP contribution in [-0.4, -0.2) is 37.3 Å². The highest BCUT2D eigenvalue weighted by molar-refractivity contribution is 5.91. The fraction of sp³-hybridized carbons (Fsp3) is 0.625. The lowest BCUT2D eigenvalue weighted by Crippen LogP contribution is -2.36. The smallest absolute Gasteiger partial charge is 0.161 e. The molecule has 0 bridgehead atoms. The maximum Gasteiger partial charge on any atom is 0.161 e. The third-order valence-electron chi connectivity index (χ3n) is 1.89. The molecule has 12 heavy (non-hydrogen) atoms. The minimum absolute atomic E-state index is 0.0796. The molecule has 68 valence electrons. The summed E-state index contributed by atoms with van der Waals surface area (Å²) in [5.41, 5.74) is 0. The van der Waals surface area contributed by atoms with E-state index in [9.17, 15) is 9.90 Å². The van der Waals surface area contributed by atoms with E-state index in [2.05, 4.69) is 0 Å². The molecule has 1 rings (SSSR count). The summed E-state index contributed by atoms with van der Waals surface area (Å²) < 4.78 is 9.73. The number of rotatable bonds is 2. The molecule has 4 nitrogen and oxygen atoms in total. The van der Waals surface area contributed by atoms with Crippen molar-refractivity contribution in [1.29, 1.82) is 0 Å². The summed E-state index contributed by atoms with van der Waals surface area (Å²) in [6.45, 7) is 0. The zero-order valence-corrected chi connectivity index (χ0v) is 7.11. The predicted molar refractivity (Wildman–Crippen MR) is 41.5 cm³/mol. The maximum atomic E-state index is 11.0. The SMILES string of the molecule is COC1=CC(=O)C[C@H](OC)[C@@H]1O. The molecular formula is C8H12O4. The molecule has 0 aromatic carbocycles. The van der Waals surface area contributed by atoms with Crippen LogP contribution in [-0.2, 0) is 14.3 Å². The van der Waals surface area contributed by atoms with Crippen LogP contribution in [0, 0.1) is 0 Å². The minimum atomic E-state index is -0.822. The monoisotopic (exact) mass is 172 g/mol. The summed E-state index contributed by atoms with van der Waals surface area (Å²) in [5.74, 6) is 0.196. The van der Waals surface area contributed by atoms with E-state index < -0.39 is 12.2 Å². The molecule has 0 amide bonds. The van der Waals surface area contributed by atoms with E-state index in [1.165, 1.54) is 20.3 Å². The average Bonchev–Trinajstić information content (AvgIpc) is 2.08. The first kappa shape index (κ1) is 9.22. The Morgan fingerprint density at radius 2 is 2.25 bits per heavy atom. The first-order valence-electron chi connectivity index (χ1n) is 3.68. The van der Waals surface area contributed by atoms with Crippen LogP contribution >= 0.6 is 0 Å². The van der Waals surface area contributed by atoms with Crippen molar-refractivity contribution in [2.75, 3.05) is 14.2 Å². The van der Waals surface area contributed by atoms with E-state index in [1.54, 1.807) is 0 Å². The van der Waals surface area contributed by atoms with Crippen LogP contribution < -0.4 is 0 Å². The van der Waals surface area contributed by atoms with Crippen LogP contribution in [0.1, 0.15) is 6.42 Å². The standard InChI is InChI=1S/C8H12O4/c1-11-6-3-5(9)4-7(12-2)8(6)10/h3,7-8,10H,4H2,1-2H3/t7-,8+/m0/s1. The number of carbonyl (C=O) groups is 1. The van der Waals surface area contributed by atoms with Gasteiger partial charge in [0, 0.05) is 19.6 Å². The Morgan fingerprint density at radius 3 is 2.75 bits per heavy atom. The number of methoxy groups -OCH3 is 2. The molecule has 0 saturated heterocycles. The quantitative estimate of drug-likeness (QED) is 0.630. The van der Waals surface area contributed by atoms with Gasteiger partial charge in [-0.3, -0.25) is 4.79 Å². The zero-order chi connectivity index (χ0) is 9.14. The Labute approximate surface area is 70.8 Å². The van der Waals surface area contributed by atoms with Gasteiger partial charge in [-0.2, -0.15) is 0 Å². The molecule has 0 radical (unpaired) electrons. The molecule has 2 atom stereocenters. The largest absolute Gasteiger partial charge is 0.498 e. The fourth-order valence-electron chi connectivity index (χ4n) is 1.19. The van der Waals surface area contributed by atoms with Crippen LogP contribution in [0.25, 0.3) is 0 Å². The third kappa shape index (κ3) is 1.65.